The molecule has 146 valence electrons. The summed E-state index contributed by atoms with van der Waals surface area (Å²) in [5.74, 6) is 1.16. The largest absolute Gasteiger partial charge is 0.497 e. The molecule has 0 radical (unpaired) electrons. The predicted molar refractivity (Wildman–Crippen MR) is 107 cm³/mol. The lowest BCUT2D eigenvalue weighted by molar-refractivity contribution is -0.133. The fourth-order valence-electron chi connectivity index (χ4n) is 2.52. The summed E-state index contributed by atoms with van der Waals surface area (Å²) < 4.78 is 12.2. The van der Waals surface area contributed by atoms with Crippen LogP contribution in [-0.4, -0.2) is 45.8 Å². The Bertz CT molecular complexity index is 926. The second kappa shape index (κ2) is 9.14. The van der Waals surface area contributed by atoms with Gasteiger partial charge in [-0.15, -0.1) is 10.2 Å². The van der Waals surface area contributed by atoms with Crippen LogP contribution in [0, 0.1) is 0 Å². The number of thioether (sulfide) groups is 1. The third kappa shape index (κ3) is 4.74. The number of carboxylic acid groups (broad SMARTS) is 1. The van der Waals surface area contributed by atoms with Gasteiger partial charge in [-0.1, -0.05) is 11.8 Å². The SMILES string of the molecule is COc1ccc(NCc2nnc(SCC(=O)O)n2-c2ccc(OC)cc2)cc1. The summed E-state index contributed by atoms with van der Waals surface area (Å²) in [7, 11) is 3.22. The number of ether oxygens (including phenoxy) is 2. The van der Waals surface area contributed by atoms with Crippen LogP contribution in [0.15, 0.2) is 53.7 Å². The molecule has 1 heterocycles. The van der Waals surface area contributed by atoms with E-state index in [-0.39, 0.29) is 5.75 Å². The number of nitrogens with one attached hydrogen (secondary N) is 1. The van der Waals surface area contributed by atoms with E-state index >= 15 is 0 Å². The van der Waals surface area contributed by atoms with Gasteiger partial charge >= 0.3 is 5.97 Å². The average molecular weight is 400 g/mol. The van der Waals surface area contributed by atoms with E-state index in [1.54, 1.807) is 14.2 Å². The quantitative estimate of drug-likeness (QED) is 0.529. The van der Waals surface area contributed by atoms with Gasteiger partial charge in [0.15, 0.2) is 11.0 Å². The summed E-state index contributed by atoms with van der Waals surface area (Å²) in [5, 5.41) is 21.2. The van der Waals surface area contributed by atoms with E-state index in [4.69, 9.17) is 14.6 Å². The summed E-state index contributed by atoms with van der Waals surface area (Å²) in [6.45, 7) is 0.416. The molecule has 0 aliphatic rings. The van der Waals surface area contributed by atoms with Crippen molar-refractivity contribution in [3.63, 3.8) is 0 Å². The normalized spacial score (nSPS) is 10.5. The lowest BCUT2D eigenvalue weighted by atomic mass is 10.3. The first-order valence-electron chi connectivity index (χ1n) is 8.42. The molecule has 0 atom stereocenters. The Morgan fingerprint density at radius 1 is 1.04 bits per heavy atom. The molecule has 8 nitrogen and oxygen atoms in total. The van der Waals surface area contributed by atoms with Crippen LogP contribution in [-0.2, 0) is 11.3 Å². The van der Waals surface area contributed by atoms with E-state index < -0.39 is 5.97 Å². The summed E-state index contributed by atoms with van der Waals surface area (Å²) in [6, 6.07) is 15.0. The van der Waals surface area contributed by atoms with Gasteiger partial charge in [0.05, 0.1) is 26.5 Å². The number of hydrogen-bond donors (Lipinski definition) is 2. The second-order valence-corrected chi connectivity index (χ2v) is 6.64. The fraction of sp³-hybridized carbons (Fsp3) is 0.211. The predicted octanol–water partition coefficient (Wildman–Crippen LogP) is 3.07. The van der Waals surface area contributed by atoms with E-state index in [1.807, 2.05) is 53.1 Å². The minimum absolute atomic E-state index is 0.0970. The Kier molecular flexibility index (Phi) is 6.38. The Morgan fingerprint density at radius 3 is 2.21 bits per heavy atom. The van der Waals surface area contributed by atoms with Gasteiger partial charge in [0.1, 0.15) is 11.5 Å². The van der Waals surface area contributed by atoms with Gasteiger partial charge < -0.3 is 19.9 Å². The van der Waals surface area contributed by atoms with Crippen molar-refractivity contribution < 1.29 is 19.4 Å². The fourth-order valence-corrected chi connectivity index (χ4v) is 3.21. The molecule has 3 aromatic rings. The molecular formula is C19H20N4O4S. The molecule has 0 spiro atoms. The van der Waals surface area contributed by atoms with Crippen molar-refractivity contribution in [2.24, 2.45) is 0 Å². The first-order chi connectivity index (χ1) is 13.6. The Labute approximate surface area is 166 Å². The van der Waals surface area contributed by atoms with Crippen LogP contribution in [0.25, 0.3) is 5.69 Å². The van der Waals surface area contributed by atoms with Crippen molar-refractivity contribution in [3.05, 3.63) is 54.4 Å². The first-order valence-corrected chi connectivity index (χ1v) is 9.40. The number of rotatable bonds is 9. The highest BCUT2D eigenvalue weighted by molar-refractivity contribution is 7.99. The van der Waals surface area contributed by atoms with Gasteiger partial charge in [-0.05, 0) is 48.5 Å². The molecule has 28 heavy (non-hydrogen) atoms. The first kappa shape index (κ1) is 19.6. The lowest BCUT2D eigenvalue weighted by Gasteiger charge is -2.12. The monoisotopic (exact) mass is 400 g/mol. The average Bonchev–Trinajstić information content (AvgIpc) is 3.14. The minimum atomic E-state index is -0.910. The summed E-state index contributed by atoms with van der Waals surface area (Å²) in [6.07, 6.45) is 0. The number of carboxylic acids is 1. The maximum atomic E-state index is 11.0. The Hall–Kier alpha value is -3.20. The summed E-state index contributed by atoms with van der Waals surface area (Å²) >= 11 is 1.12. The van der Waals surface area contributed by atoms with Crippen LogP contribution in [0.3, 0.4) is 0 Å². The van der Waals surface area contributed by atoms with E-state index in [0.29, 0.717) is 17.5 Å². The van der Waals surface area contributed by atoms with Crippen molar-refractivity contribution in [2.45, 2.75) is 11.7 Å². The number of methoxy groups -OCH3 is 2. The number of aromatic nitrogens is 3. The van der Waals surface area contributed by atoms with Crippen molar-refractivity contribution in [3.8, 4) is 17.2 Å². The van der Waals surface area contributed by atoms with E-state index in [2.05, 4.69) is 15.5 Å². The van der Waals surface area contributed by atoms with Gasteiger partial charge in [-0.3, -0.25) is 9.36 Å². The second-order valence-electron chi connectivity index (χ2n) is 5.70. The molecule has 2 N–H and O–H groups in total. The van der Waals surface area contributed by atoms with Crippen LogP contribution < -0.4 is 14.8 Å². The minimum Gasteiger partial charge on any atom is -0.497 e. The molecule has 0 saturated carbocycles. The molecule has 0 aliphatic carbocycles. The highest BCUT2D eigenvalue weighted by Crippen LogP contribution is 2.24. The van der Waals surface area contributed by atoms with Gasteiger partial charge in [0.2, 0.25) is 0 Å². The smallest absolute Gasteiger partial charge is 0.313 e. The highest BCUT2D eigenvalue weighted by atomic mass is 32.2. The lowest BCUT2D eigenvalue weighted by Crippen LogP contribution is -2.09. The number of aliphatic carboxylic acids is 1. The zero-order valence-electron chi connectivity index (χ0n) is 15.5. The molecule has 0 amide bonds. The highest BCUT2D eigenvalue weighted by Gasteiger charge is 2.16. The van der Waals surface area contributed by atoms with Crippen LogP contribution in [0.1, 0.15) is 5.82 Å². The number of carbonyl (C=O) groups is 1. The number of nitrogens with zero attached hydrogens (tertiary/aromatic N) is 3. The van der Waals surface area contributed by atoms with Crippen molar-refractivity contribution >= 4 is 23.4 Å². The summed E-state index contributed by atoms with van der Waals surface area (Å²) in [4.78, 5) is 11.0. The van der Waals surface area contributed by atoms with Crippen LogP contribution >= 0.6 is 11.8 Å². The molecule has 0 unspecified atom stereocenters. The van der Waals surface area contributed by atoms with Crippen LogP contribution in [0.4, 0.5) is 5.69 Å². The number of anilines is 1. The molecule has 0 aliphatic heterocycles. The van der Waals surface area contributed by atoms with Crippen molar-refractivity contribution in [1.82, 2.24) is 14.8 Å². The summed E-state index contributed by atoms with van der Waals surface area (Å²) in [5.41, 5.74) is 1.73. The van der Waals surface area contributed by atoms with Crippen molar-refractivity contribution in [1.29, 1.82) is 0 Å². The molecule has 0 saturated heterocycles. The van der Waals surface area contributed by atoms with Gasteiger partial charge in [-0.2, -0.15) is 0 Å². The van der Waals surface area contributed by atoms with Crippen molar-refractivity contribution in [2.75, 3.05) is 25.3 Å². The van der Waals surface area contributed by atoms with Gasteiger partial charge in [0, 0.05) is 11.4 Å². The molecule has 0 fully saturated rings. The third-order valence-corrected chi connectivity index (χ3v) is 4.81. The van der Waals surface area contributed by atoms with Crippen LogP contribution in [0.2, 0.25) is 0 Å². The maximum absolute atomic E-state index is 11.0. The van der Waals surface area contributed by atoms with E-state index in [9.17, 15) is 4.79 Å². The maximum Gasteiger partial charge on any atom is 0.313 e. The Morgan fingerprint density at radius 2 is 1.64 bits per heavy atom. The zero-order valence-corrected chi connectivity index (χ0v) is 16.3. The van der Waals surface area contributed by atoms with Gasteiger partial charge in [-0.25, -0.2) is 0 Å². The molecule has 1 aromatic heterocycles. The standard InChI is InChI=1S/C19H20N4O4S/c1-26-15-7-3-13(4-8-15)20-11-17-21-22-19(28-12-18(24)25)23(17)14-5-9-16(27-2)10-6-14/h3-10,20H,11-12H2,1-2H3,(H,24,25). The third-order valence-electron chi connectivity index (χ3n) is 3.90. The van der Waals surface area contributed by atoms with E-state index in [1.165, 1.54) is 0 Å². The molecule has 0 bridgehead atoms. The zero-order chi connectivity index (χ0) is 19.9. The molecule has 9 heteroatoms. The molecular weight excluding hydrogens is 380 g/mol. The van der Waals surface area contributed by atoms with E-state index in [0.717, 1.165) is 34.6 Å². The number of benzene rings is 2. The molecule has 3 rings (SSSR count). The molecule has 2 aromatic carbocycles. The number of hydrogen-bond acceptors (Lipinski definition) is 7. The topological polar surface area (TPSA) is 98.5 Å². The van der Waals surface area contributed by atoms with Gasteiger partial charge in [0.25, 0.3) is 0 Å². The Balaban J connectivity index is 1.85. The van der Waals surface area contributed by atoms with Crippen LogP contribution in [0.5, 0.6) is 11.5 Å².